The van der Waals surface area contributed by atoms with Gasteiger partial charge in [-0.15, -0.1) is 0 Å². The first-order valence-corrected chi connectivity index (χ1v) is 6.36. The molecule has 1 aromatic carbocycles. The van der Waals surface area contributed by atoms with Crippen molar-refractivity contribution in [3.05, 3.63) is 57.8 Å². The van der Waals surface area contributed by atoms with Crippen LogP contribution in [0.2, 0.25) is 0 Å². The molecule has 0 saturated carbocycles. The Morgan fingerprint density at radius 1 is 1.22 bits per heavy atom. The van der Waals surface area contributed by atoms with E-state index < -0.39 is 0 Å². The topological polar surface area (TPSA) is 37.8 Å². The SMILES string of the molecule is Cc1cnc(CNCc2ccc(Br)c(F)c2)cn1. The van der Waals surface area contributed by atoms with Crippen molar-refractivity contribution in [3.63, 3.8) is 0 Å². The summed E-state index contributed by atoms with van der Waals surface area (Å²) in [5, 5.41) is 3.20. The maximum Gasteiger partial charge on any atom is 0.137 e. The van der Waals surface area contributed by atoms with Crippen molar-refractivity contribution in [2.75, 3.05) is 0 Å². The van der Waals surface area contributed by atoms with Crippen LogP contribution < -0.4 is 5.32 Å². The molecule has 18 heavy (non-hydrogen) atoms. The molecule has 1 aromatic heterocycles. The first kappa shape index (κ1) is 13.1. The van der Waals surface area contributed by atoms with Crippen LogP contribution in [0.3, 0.4) is 0 Å². The van der Waals surface area contributed by atoms with Gasteiger partial charge in [0.05, 0.1) is 15.9 Å². The summed E-state index contributed by atoms with van der Waals surface area (Å²) >= 11 is 3.13. The number of nitrogens with one attached hydrogen (secondary N) is 1. The molecular formula is C13H13BrFN3. The Balaban J connectivity index is 1.88. The van der Waals surface area contributed by atoms with Gasteiger partial charge in [-0.25, -0.2) is 4.39 Å². The molecule has 3 nitrogen and oxygen atoms in total. The minimum Gasteiger partial charge on any atom is -0.307 e. The molecule has 0 bridgehead atoms. The number of hydrogen-bond donors (Lipinski definition) is 1. The van der Waals surface area contributed by atoms with E-state index in [0.29, 0.717) is 17.6 Å². The Labute approximate surface area is 114 Å². The van der Waals surface area contributed by atoms with Crippen LogP contribution in [0.4, 0.5) is 4.39 Å². The molecule has 5 heteroatoms. The summed E-state index contributed by atoms with van der Waals surface area (Å²) in [6.45, 7) is 3.11. The van der Waals surface area contributed by atoms with Crippen molar-refractivity contribution in [2.24, 2.45) is 0 Å². The van der Waals surface area contributed by atoms with Crippen LogP contribution in [0.25, 0.3) is 0 Å². The highest BCUT2D eigenvalue weighted by atomic mass is 79.9. The highest BCUT2D eigenvalue weighted by Gasteiger charge is 2.01. The molecular weight excluding hydrogens is 297 g/mol. The van der Waals surface area contributed by atoms with Gasteiger partial charge in [-0.2, -0.15) is 0 Å². The summed E-state index contributed by atoms with van der Waals surface area (Å²) < 4.78 is 13.8. The average molecular weight is 310 g/mol. The molecule has 2 aromatic rings. The lowest BCUT2D eigenvalue weighted by Gasteiger charge is -2.05. The number of rotatable bonds is 4. The molecule has 0 aliphatic rings. The van der Waals surface area contributed by atoms with Crippen molar-refractivity contribution >= 4 is 15.9 Å². The summed E-state index contributed by atoms with van der Waals surface area (Å²) in [7, 11) is 0. The zero-order valence-electron chi connectivity index (χ0n) is 9.95. The lowest BCUT2D eigenvalue weighted by Crippen LogP contribution is -2.14. The molecule has 1 N–H and O–H groups in total. The van der Waals surface area contributed by atoms with Crippen molar-refractivity contribution in [1.29, 1.82) is 0 Å². The number of aromatic nitrogens is 2. The number of hydrogen-bond acceptors (Lipinski definition) is 3. The standard InChI is InChI=1S/C13H13BrFN3/c1-9-5-18-11(8-17-9)7-16-6-10-2-3-12(14)13(15)4-10/h2-5,8,16H,6-7H2,1H3. The zero-order chi connectivity index (χ0) is 13.0. The summed E-state index contributed by atoms with van der Waals surface area (Å²) in [5.74, 6) is -0.246. The average Bonchev–Trinajstić information content (AvgIpc) is 2.36. The van der Waals surface area contributed by atoms with Crippen molar-refractivity contribution in [3.8, 4) is 0 Å². The van der Waals surface area contributed by atoms with Gasteiger partial charge < -0.3 is 5.32 Å². The van der Waals surface area contributed by atoms with Crippen LogP contribution in [0.5, 0.6) is 0 Å². The fourth-order valence-electron chi connectivity index (χ4n) is 1.50. The second-order valence-electron chi connectivity index (χ2n) is 4.00. The molecule has 1 heterocycles. The third kappa shape index (κ3) is 3.58. The van der Waals surface area contributed by atoms with Crippen LogP contribution >= 0.6 is 15.9 Å². The molecule has 0 radical (unpaired) electrons. The highest BCUT2D eigenvalue weighted by molar-refractivity contribution is 9.10. The van der Waals surface area contributed by atoms with E-state index in [2.05, 4.69) is 31.2 Å². The van der Waals surface area contributed by atoms with E-state index >= 15 is 0 Å². The predicted molar refractivity (Wildman–Crippen MR) is 71.4 cm³/mol. The molecule has 0 fully saturated rings. The predicted octanol–water partition coefficient (Wildman–Crippen LogP) is 2.98. The monoisotopic (exact) mass is 309 g/mol. The van der Waals surface area contributed by atoms with Crippen LogP contribution in [-0.2, 0) is 13.1 Å². The van der Waals surface area contributed by atoms with Crippen LogP contribution in [0, 0.1) is 12.7 Å². The number of nitrogens with zero attached hydrogens (tertiary/aromatic N) is 2. The highest BCUT2D eigenvalue weighted by Crippen LogP contribution is 2.16. The van der Waals surface area contributed by atoms with E-state index in [9.17, 15) is 4.39 Å². The first-order valence-electron chi connectivity index (χ1n) is 5.57. The fourth-order valence-corrected chi connectivity index (χ4v) is 1.74. The van der Waals surface area contributed by atoms with Crippen molar-refractivity contribution in [1.82, 2.24) is 15.3 Å². The molecule has 0 unspecified atom stereocenters. The third-order valence-corrected chi connectivity index (χ3v) is 3.10. The molecule has 0 aliphatic carbocycles. The van der Waals surface area contributed by atoms with Gasteiger partial charge in [-0.05, 0) is 40.5 Å². The molecule has 0 amide bonds. The molecule has 0 saturated heterocycles. The summed E-state index contributed by atoms with van der Waals surface area (Å²) in [6, 6.07) is 5.09. The Hall–Kier alpha value is -1.33. The Morgan fingerprint density at radius 2 is 2.06 bits per heavy atom. The fraction of sp³-hybridized carbons (Fsp3) is 0.231. The third-order valence-electron chi connectivity index (χ3n) is 2.45. The van der Waals surface area contributed by atoms with E-state index in [-0.39, 0.29) is 5.82 Å². The largest absolute Gasteiger partial charge is 0.307 e. The number of aryl methyl sites for hydroxylation is 1. The normalized spacial score (nSPS) is 10.6. The zero-order valence-corrected chi connectivity index (χ0v) is 11.5. The Bertz CT molecular complexity index is 528. The van der Waals surface area contributed by atoms with Crippen LogP contribution in [-0.4, -0.2) is 9.97 Å². The quantitative estimate of drug-likeness (QED) is 0.943. The second kappa shape index (κ2) is 6.02. The lowest BCUT2D eigenvalue weighted by atomic mass is 10.2. The van der Waals surface area contributed by atoms with Crippen molar-refractivity contribution < 1.29 is 4.39 Å². The van der Waals surface area contributed by atoms with E-state index in [1.165, 1.54) is 6.07 Å². The van der Waals surface area contributed by atoms with Gasteiger partial charge in [0.2, 0.25) is 0 Å². The van der Waals surface area contributed by atoms with Gasteiger partial charge in [0.25, 0.3) is 0 Å². The van der Waals surface area contributed by atoms with Gasteiger partial charge in [0.1, 0.15) is 5.82 Å². The summed E-state index contributed by atoms with van der Waals surface area (Å²) in [6.07, 6.45) is 3.47. The van der Waals surface area contributed by atoms with Gasteiger partial charge in [0.15, 0.2) is 0 Å². The van der Waals surface area contributed by atoms with Crippen LogP contribution in [0.15, 0.2) is 35.1 Å². The van der Waals surface area contributed by atoms with Gasteiger partial charge >= 0.3 is 0 Å². The summed E-state index contributed by atoms with van der Waals surface area (Å²) in [4.78, 5) is 8.40. The molecule has 2 rings (SSSR count). The van der Waals surface area contributed by atoms with E-state index in [0.717, 1.165) is 17.0 Å². The molecule has 0 atom stereocenters. The second-order valence-corrected chi connectivity index (χ2v) is 4.86. The Morgan fingerprint density at radius 3 is 2.72 bits per heavy atom. The van der Waals surface area contributed by atoms with Crippen LogP contribution in [0.1, 0.15) is 17.0 Å². The summed E-state index contributed by atoms with van der Waals surface area (Å²) in [5.41, 5.74) is 2.67. The number of halogens is 2. The van der Waals surface area contributed by atoms with E-state index in [1.54, 1.807) is 18.5 Å². The molecule has 0 spiro atoms. The van der Waals surface area contributed by atoms with E-state index in [4.69, 9.17) is 0 Å². The van der Waals surface area contributed by atoms with Gasteiger partial charge in [-0.1, -0.05) is 6.07 Å². The Kier molecular flexibility index (Phi) is 4.38. The lowest BCUT2D eigenvalue weighted by molar-refractivity contribution is 0.613. The number of benzene rings is 1. The molecule has 94 valence electrons. The van der Waals surface area contributed by atoms with Gasteiger partial charge in [0, 0.05) is 25.5 Å². The van der Waals surface area contributed by atoms with Gasteiger partial charge in [-0.3, -0.25) is 9.97 Å². The minimum atomic E-state index is -0.246. The van der Waals surface area contributed by atoms with E-state index in [1.807, 2.05) is 13.0 Å². The first-order chi connectivity index (χ1) is 8.65. The maximum absolute atomic E-state index is 13.3. The minimum absolute atomic E-state index is 0.246. The maximum atomic E-state index is 13.3. The van der Waals surface area contributed by atoms with Crippen molar-refractivity contribution in [2.45, 2.75) is 20.0 Å². The smallest absolute Gasteiger partial charge is 0.137 e. The molecule has 0 aliphatic heterocycles.